The van der Waals surface area contributed by atoms with Gasteiger partial charge in [0.2, 0.25) is 0 Å². The van der Waals surface area contributed by atoms with Gasteiger partial charge in [0.25, 0.3) is 0 Å². The quantitative estimate of drug-likeness (QED) is 0.485. The lowest BCUT2D eigenvalue weighted by molar-refractivity contribution is 0.832. The molecule has 2 heteroatoms. The zero-order valence-corrected chi connectivity index (χ0v) is 7.86. The van der Waals surface area contributed by atoms with Crippen molar-refractivity contribution in [3.8, 4) is 12.1 Å². The van der Waals surface area contributed by atoms with Gasteiger partial charge >= 0.3 is 0 Å². The molecule has 0 aromatic carbocycles. The normalized spacial score (nSPS) is 10.2. The molecule has 66 valence electrons. The van der Waals surface area contributed by atoms with Crippen molar-refractivity contribution in [3.63, 3.8) is 0 Å². The van der Waals surface area contributed by atoms with E-state index < -0.39 is 0 Å². The molecule has 0 aliphatic heterocycles. The van der Waals surface area contributed by atoms with E-state index in [9.17, 15) is 0 Å². The summed E-state index contributed by atoms with van der Waals surface area (Å²) in [6.45, 7) is 4.16. The molecule has 0 aliphatic carbocycles. The average molecular weight is 172 g/mol. The Labute approximate surface area is 79.1 Å². The molecule has 0 heterocycles. The first-order valence-corrected chi connectivity index (χ1v) is 4.06. The minimum absolute atomic E-state index is 0.120. The average Bonchev–Trinajstić information content (AvgIpc) is 2.11. The molecule has 13 heavy (non-hydrogen) atoms. The van der Waals surface area contributed by atoms with Crippen LogP contribution in [-0.2, 0) is 0 Å². The summed E-state index contributed by atoms with van der Waals surface area (Å²) in [5.41, 5.74) is 0.120. The highest BCUT2D eigenvalue weighted by Gasteiger charge is 1.84. The zero-order valence-electron chi connectivity index (χ0n) is 7.86. The van der Waals surface area contributed by atoms with Gasteiger partial charge in [0.05, 0.1) is 0 Å². The second kappa shape index (κ2) is 6.88. The van der Waals surface area contributed by atoms with Crippen LogP contribution in [0.25, 0.3) is 0 Å². The summed E-state index contributed by atoms with van der Waals surface area (Å²) in [7, 11) is 0. The predicted octanol–water partition coefficient (Wildman–Crippen LogP) is 2.73. The topological polar surface area (TPSA) is 47.6 Å². The van der Waals surface area contributed by atoms with E-state index in [1.807, 2.05) is 12.2 Å². The molecule has 0 spiro atoms. The van der Waals surface area contributed by atoms with Crippen molar-refractivity contribution < 1.29 is 0 Å². The summed E-state index contributed by atoms with van der Waals surface area (Å²) >= 11 is 0. The Morgan fingerprint density at radius 2 is 1.69 bits per heavy atom. The van der Waals surface area contributed by atoms with Gasteiger partial charge in [0.1, 0.15) is 17.7 Å². The van der Waals surface area contributed by atoms with Gasteiger partial charge in [-0.2, -0.15) is 10.5 Å². The van der Waals surface area contributed by atoms with Gasteiger partial charge < -0.3 is 0 Å². The first-order valence-electron chi connectivity index (χ1n) is 4.06. The van der Waals surface area contributed by atoms with Gasteiger partial charge in [-0.1, -0.05) is 38.2 Å². The molecule has 0 aliphatic rings. The van der Waals surface area contributed by atoms with E-state index in [2.05, 4.69) is 13.8 Å². The van der Waals surface area contributed by atoms with Gasteiger partial charge in [-0.15, -0.1) is 0 Å². The summed E-state index contributed by atoms with van der Waals surface area (Å²) in [6, 6.07) is 3.55. The Bertz CT molecular complexity index is 290. The first kappa shape index (κ1) is 11.2. The van der Waals surface area contributed by atoms with Crippen molar-refractivity contribution in [1.82, 2.24) is 0 Å². The van der Waals surface area contributed by atoms with Crippen LogP contribution in [0.5, 0.6) is 0 Å². The third kappa shape index (κ3) is 6.59. The van der Waals surface area contributed by atoms with Gasteiger partial charge in [-0.3, -0.25) is 0 Å². The fourth-order valence-electron chi connectivity index (χ4n) is 0.602. The maximum atomic E-state index is 8.38. The molecular formula is C11H12N2. The molecule has 0 saturated heterocycles. The number of nitriles is 2. The Hall–Kier alpha value is -1.80. The SMILES string of the molecule is CC(C)/C=C/C=C/C=C(C#N)C#N. The highest BCUT2D eigenvalue weighted by Crippen LogP contribution is 1.94. The lowest BCUT2D eigenvalue weighted by Crippen LogP contribution is -1.74. The zero-order chi connectivity index (χ0) is 10.1. The molecule has 0 saturated carbocycles. The van der Waals surface area contributed by atoms with E-state index in [0.29, 0.717) is 5.92 Å². The van der Waals surface area contributed by atoms with Crippen LogP contribution in [0, 0.1) is 28.6 Å². The number of rotatable bonds is 3. The lowest BCUT2D eigenvalue weighted by atomic mass is 10.2. The highest BCUT2D eigenvalue weighted by molar-refractivity contribution is 5.38. The van der Waals surface area contributed by atoms with E-state index in [4.69, 9.17) is 10.5 Å². The Balaban J connectivity index is 4.11. The number of hydrogen-bond acceptors (Lipinski definition) is 2. The highest BCUT2D eigenvalue weighted by atomic mass is 14.3. The molecule has 2 nitrogen and oxygen atoms in total. The lowest BCUT2D eigenvalue weighted by Gasteiger charge is -1.88. The van der Waals surface area contributed by atoms with Crippen molar-refractivity contribution in [2.75, 3.05) is 0 Å². The number of nitrogens with zero attached hydrogens (tertiary/aromatic N) is 2. The van der Waals surface area contributed by atoms with Gasteiger partial charge in [0, 0.05) is 0 Å². The Morgan fingerprint density at radius 1 is 1.08 bits per heavy atom. The number of hydrogen-bond donors (Lipinski definition) is 0. The van der Waals surface area contributed by atoms with E-state index in [-0.39, 0.29) is 5.57 Å². The van der Waals surface area contributed by atoms with Crippen LogP contribution >= 0.6 is 0 Å². The van der Waals surface area contributed by atoms with Gasteiger partial charge in [0.15, 0.2) is 0 Å². The molecule has 0 amide bonds. The third-order valence-corrected chi connectivity index (χ3v) is 1.22. The van der Waals surface area contributed by atoms with Crippen molar-refractivity contribution in [2.45, 2.75) is 13.8 Å². The summed E-state index contributed by atoms with van der Waals surface area (Å²) in [5.74, 6) is 0.514. The van der Waals surface area contributed by atoms with E-state index in [1.54, 1.807) is 24.3 Å². The minimum atomic E-state index is 0.120. The molecule has 0 radical (unpaired) electrons. The predicted molar refractivity (Wildman–Crippen MR) is 52.4 cm³/mol. The van der Waals surface area contributed by atoms with E-state index in [0.717, 1.165) is 0 Å². The third-order valence-electron chi connectivity index (χ3n) is 1.22. The van der Waals surface area contributed by atoms with Crippen LogP contribution in [0.4, 0.5) is 0 Å². The summed E-state index contributed by atoms with van der Waals surface area (Å²) in [4.78, 5) is 0. The molecule has 0 atom stereocenters. The van der Waals surface area contributed by atoms with Crippen molar-refractivity contribution >= 4 is 0 Å². The molecule has 0 bridgehead atoms. The van der Waals surface area contributed by atoms with Gasteiger partial charge in [-0.25, -0.2) is 0 Å². The van der Waals surface area contributed by atoms with E-state index >= 15 is 0 Å². The van der Waals surface area contributed by atoms with Crippen LogP contribution in [-0.4, -0.2) is 0 Å². The van der Waals surface area contributed by atoms with Crippen LogP contribution in [0.15, 0.2) is 36.0 Å². The summed E-state index contributed by atoms with van der Waals surface area (Å²) in [5, 5.41) is 16.8. The Morgan fingerprint density at radius 3 is 2.15 bits per heavy atom. The Kier molecular flexibility index (Phi) is 5.93. The molecule has 0 aromatic rings. The first-order chi connectivity index (χ1) is 6.20. The molecule has 0 unspecified atom stereocenters. The van der Waals surface area contributed by atoms with Crippen molar-refractivity contribution in [2.24, 2.45) is 5.92 Å². The van der Waals surface area contributed by atoms with Crippen LogP contribution in [0.3, 0.4) is 0 Å². The fraction of sp³-hybridized carbons (Fsp3) is 0.273. The standard InChI is InChI=1S/C11H12N2/c1-10(2)6-4-3-5-7-11(8-12)9-13/h3-7,10H,1-2H3/b5-3+,6-4+. The van der Waals surface area contributed by atoms with Crippen LogP contribution in [0.2, 0.25) is 0 Å². The second-order valence-electron chi connectivity index (χ2n) is 2.82. The largest absolute Gasteiger partial charge is 0.192 e. The van der Waals surface area contributed by atoms with Crippen molar-refractivity contribution in [3.05, 3.63) is 36.0 Å². The van der Waals surface area contributed by atoms with Gasteiger partial charge in [-0.05, 0) is 12.0 Å². The molecule has 0 N–H and O–H groups in total. The monoisotopic (exact) mass is 172 g/mol. The minimum Gasteiger partial charge on any atom is -0.192 e. The summed E-state index contributed by atoms with van der Waals surface area (Å²) in [6.07, 6.45) is 8.90. The molecule has 0 fully saturated rings. The maximum absolute atomic E-state index is 8.38. The molecule has 0 aromatic heterocycles. The van der Waals surface area contributed by atoms with Crippen molar-refractivity contribution in [1.29, 1.82) is 10.5 Å². The maximum Gasteiger partial charge on any atom is 0.129 e. The van der Waals surface area contributed by atoms with E-state index in [1.165, 1.54) is 6.08 Å². The molecular weight excluding hydrogens is 160 g/mol. The number of allylic oxidation sites excluding steroid dienone is 6. The van der Waals surface area contributed by atoms with Crippen LogP contribution in [0.1, 0.15) is 13.8 Å². The second-order valence-corrected chi connectivity index (χ2v) is 2.82. The smallest absolute Gasteiger partial charge is 0.129 e. The van der Waals surface area contributed by atoms with Crippen LogP contribution < -0.4 is 0 Å². The fourth-order valence-corrected chi connectivity index (χ4v) is 0.602. The molecule has 0 rings (SSSR count). The summed E-state index contributed by atoms with van der Waals surface area (Å²) < 4.78 is 0.